The van der Waals surface area contributed by atoms with Gasteiger partial charge in [0.2, 0.25) is 0 Å². The third-order valence-corrected chi connectivity index (χ3v) is 4.89. The standard InChI is InChI=1S/C20H20N4O/c1-22-19-5-3-2-4-18(19)21-20(22)25-17-10-8-16(9-11-17)24-13-12-23(14-24)15-6-7-15/h2-5,8-13,15H,6-7,14H2,1H3. The summed E-state index contributed by atoms with van der Waals surface area (Å²) in [4.78, 5) is 9.22. The quantitative estimate of drug-likeness (QED) is 0.721. The van der Waals surface area contributed by atoms with E-state index >= 15 is 0 Å². The Balaban J connectivity index is 1.33. The van der Waals surface area contributed by atoms with Crippen molar-refractivity contribution in [3.05, 3.63) is 60.9 Å². The van der Waals surface area contributed by atoms with Gasteiger partial charge in [-0.1, -0.05) is 12.1 Å². The van der Waals surface area contributed by atoms with Crippen molar-refractivity contribution in [2.45, 2.75) is 18.9 Å². The average Bonchev–Trinajstić information content (AvgIpc) is 3.30. The molecule has 1 aliphatic carbocycles. The number of rotatable bonds is 4. The van der Waals surface area contributed by atoms with Crippen LogP contribution in [0, 0.1) is 0 Å². The average molecular weight is 332 g/mol. The van der Waals surface area contributed by atoms with Crippen LogP contribution in [0.15, 0.2) is 60.9 Å². The molecule has 3 aromatic rings. The van der Waals surface area contributed by atoms with E-state index in [1.807, 2.05) is 48.0 Å². The summed E-state index contributed by atoms with van der Waals surface area (Å²) in [6, 6.07) is 17.6. The van der Waals surface area contributed by atoms with E-state index in [0.717, 1.165) is 29.5 Å². The van der Waals surface area contributed by atoms with Gasteiger partial charge in [0.15, 0.2) is 0 Å². The van der Waals surface area contributed by atoms with Crippen LogP contribution in [0.25, 0.3) is 11.0 Å². The molecule has 0 radical (unpaired) electrons. The van der Waals surface area contributed by atoms with Gasteiger partial charge in [-0.3, -0.25) is 4.57 Å². The van der Waals surface area contributed by atoms with E-state index in [-0.39, 0.29) is 0 Å². The summed E-state index contributed by atoms with van der Waals surface area (Å²) in [6.45, 7) is 0.940. The Labute approximate surface area is 146 Å². The molecule has 126 valence electrons. The first-order valence-electron chi connectivity index (χ1n) is 8.68. The molecule has 0 N–H and O–H groups in total. The summed E-state index contributed by atoms with van der Waals surface area (Å²) in [5, 5.41) is 0. The van der Waals surface area contributed by atoms with Crippen LogP contribution in [0.5, 0.6) is 11.8 Å². The number of aromatic nitrogens is 2. The van der Waals surface area contributed by atoms with E-state index in [0.29, 0.717) is 6.01 Å². The van der Waals surface area contributed by atoms with Gasteiger partial charge < -0.3 is 14.5 Å². The number of hydrogen-bond acceptors (Lipinski definition) is 4. The van der Waals surface area contributed by atoms with Crippen molar-refractivity contribution in [1.29, 1.82) is 0 Å². The number of hydrogen-bond donors (Lipinski definition) is 0. The summed E-state index contributed by atoms with van der Waals surface area (Å²) in [7, 11) is 1.97. The Hall–Kier alpha value is -2.95. The predicted molar refractivity (Wildman–Crippen MR) is 98.6 cm³/mol. The summed E-state index contributed by atoms with van der Waals surface area (Å²) >= 11 is 0. The predicted octanol–water partition coefficient (Wildman–Crippen LogP) is 4.08. The molecule has 2 heterocycles. The molecular formula is C20H20N4O. The zero-order valence-electron chi connectivity index (χ0n) is 14.2. The highest BCUT2D eigenvalue weighted by Crippen LogP contribution is 2.32. The van der Waals surface area contributed by atoms with E-state index in [1.165, 1.54) is 18.5 Å². The fraction of sp³-hybridized carbons (Fsp3) is 0.250. The normalized spacial score (nSPS) is 16.8. The lowest BCUT2D eigenvalue weighted by Crippen LogP contribution is -2.26. The van der Waals surface area contributed by atoms with Crippen LogP contribution in [0.1, 0.15) is 12.8 Å². The highest BCUT2D eigenvalue weighted by atomic mass is 16.5. The molecule has 1 aliphatic heterocycles. The molecule has 0 saturated heterocycles. The fourth-order valence-corrected chi connectivity index (χ4v) is 3.27. The lowest BCUT2D eigenvalue weighted by Gasteiger charge is -2.21. The van der Waals surface area contributed by atoms with Crippen LogP contribution in [-0.2, 0) is 7.05 Å². The third-order valence-electron chi connectivity index (χ3n) is 4.89. The zero-order valence-corrected chi connectivity index (χ0v) is 14.2. The van der Waals surface area contributed by atoms with E-state index < -0.39 is 0 Å². The van der Waals surface area contributed by atoms with Crippen LogP contribution < -0.4 is 9.64 Å². The maximum absolute atomic E-state index is 5.99. The summed E-state index contributed by atoms with van der Waals surface area (Å²) < 4.78 is 7.96. The molecule has 5 rings (SSSR count). The minimum atomic E-state index is 0.606. The van der Waals surface area contributed by atoms with Crippen molar-refractivity contribution in [3.8, 4) is 11.8 Å². The maximum atomic E-state index is 5.99. The molecule has 1 fully saturated rings. The summed E-state index contributed by atoms with van der Waals surface area (Å²) in [5.74, 6) is 0.796. The number of ether oxygens (including phenoxy) is 1. The minimum Gasteiger partial charge on any atom is -0.425 e. The highest BCUT2D eigenvalue weighted by Gasteiger charge is 2.30. The number of aryl methyl sites for hydroxylation is 1. The number of benzene rings is 2. The first-order chi connectivity index (χ1) is 12.3. The monoisotopic (exact) mass is 332 g/mol. The fourth-order valence-electron chi connectivity index (χ4n) is 3.27. The number of fused-ring (bicyclic) bond motifs is 1. The number of nitrogens with zero attached hydrogens (tertiary/aromatic N) is 4. The molecule has 0 bridgehead atoms. The van der Waals surface area contributed by atoms with E-state index in [2.05, 4.69) is 39.3 Å². The molecule has 0 atom stereocenters. The van der Waals surface area contributed by atoms with Crippen molar-refractivity contribution in [2.75, 3.05) is 11.6 Å². The third kappa shape index (κ3) is 2.61. The van der Waals surface area contributed by atoms with Gasteiger partial charge in [-0.2, -0.15) is 4.98 Å². The number of para-hydroxylation sites is 2. The smallest absolute Gasteiger partial charge is 0.302 e. The van der Waals surface area contributed by atoms with Crippen LogP contribution in [0.3, 0.4) is 0 Å². The molecule has 0 amide bonds. The summed E-state index contributed by atoms with van der Waals surface area (Å²) in [5.41, 5.74) is 3.19. The van der Waals surface area contributed by atoms with Crippen molar-refractivity contribution in [2.24, 2.45) is 7.05 Å². The molecule has 2 aliphatic rings. The lowest BCUT2D eigenvalue weighted by molar-refractivity contribution is 0.396. The molecule has 1 saturated carbocycles. The van der Waals surface area contributed by atoms with Crippen molar-refractivity contribution in [1.82, 2.24) is 14.5 Å². The SMILES string of the molecule is Cn1c(Oc2ccc(N3C=CN(C4CC4)C3)cc2)nc2ccccc21. The van der Waals surface area contributed by atoms with Crippen LogP contribution in [0.4, 0.5) is 5.69 Å². The Bertz CT molecular complexity index is 940. The van der Waals surface area contributed by atoms with Crippen molar-refractivity contribution >= 4 is 16.7 Å². The first kappa shape index (κ1) is 14.4. The van der Waals surface area contributed by atoms with Gasteiger partial charge in [0.05, 0.1) is 17.7 Å². The lowest BCUT2D eigenvalue weighted by atomic mass is 10.3. The van der Waals surface area contributed by atoms with Gasteiger partial charge in [-0.15, -0.1) is 0 Å². The minimum absolute atomic E-state index is 0.606. The largest absolute Gasteiger partial charge is 0.425 e. The second-order valence-electron chi connectivity index (χ2n) is 6.69. The molecule has 25 heavy (non-hydrogen) atoms. The van der Waals surface area contributed by atoms with Gasteiger partial charge in [0.25, 0.3) is 0 Å². The molecular weight excluding hydrogens is 312 g/mol. The summed E-state index contributed by atoms with van der Waals surface area (Å²) in [6.07, 6.45) is 6.99. The van der Waals surface area contributed by atoms with E-state index in [9.17, 15) is 0 Å². The first-order valence-corrected chi connectivity index (χ1v) is 8.68. The van der Waals surface area contributed by atoms with Gasteiger partial charge in [0.1, 0.15) is 5.75 Å². The van der Waals surface area contributed by atoms with Gasteiger partial charge >= 0.3 is 6.01 Å². The molecule has 5 heteroatoms. The second kappa shape index (κ2) is 5.55. The van der Waals surface area contributed by atoms with Crippen LogP contribution in [-0.4, -0.2) is 27.2 Å². The molecule has 0 unspecified atom stereocenters. The molecule has 0 spiro atoms. The second-order valence-corrected chi connectivity index (χ2v) is 6.69. The van der Waals surface area contributed by atoms with E-state index in [1.54, 1.807) is 0 Å². The number of imidazole rings is 1. The molecule has 5 nitrogen and oxygen atoms in total. The maximum Gasteiger partial charge on any atom is 0.302 e. The van der Waals surface area contributed by atoms with Crippen molar-refractivity contribution < 1.29 is 4.74 Å². The Kier molecular flexibility index (Phi) is 3.20. The van der Waals surface area contributed by atoms with Crippen LogP contribution in [0.2, 0.25) is 0 Å². The topological polar surface area (TPSA) is 33.5 Å². The number of anilines is 1. The highest BCUT2D eigenvalue weighted by molar-refractivity contribution is 5.76. The Morgan fingerprint density at radius 2 is 1.80 bits per heavy atom. The van der Waals surface area contributed by atoms with Gasteiger partial charge in [-0.05, 0) is 49.2 Å². The Morgan fingerprint density at radius 3 is 2.56 bits per heavy atom. The molecule has 2 aromatic carbocycles. The van der Waals surface area contributed by atoms with Crippen LogP contribution >= 0.6 is 0 Å². The van der Waals surface area contributed by atoms with Gasteiger partial charge in [-0.25, -0.2) is 0 Å². The Morgan fingerprint density at radius 1 is 1.00 bits per heavy atom. The van der Waals surface area contributed by atoms with Gasteiger partial charge in [0, 0.05) is 31.2 Å². The van der Waals surface area contributed by atoms with Crippen molar-refractivity contribution in [3.63, 3.8) is 0 Å². The zero-order chi connectivity index (χ0) is 16.8. The van der Waals surface area contributed by atoms with E-state index in [4.69, 9.17) is 4.74 Å². The molecule has 1 aromatic heterocycles.